The van der Waals surface area contributed by atoms with E-state index in [-0.39, 0.29) is 13.7 Å². The van der Waals surface area contributed by atoms with Gasteiger partial charge in [-0.05, 0) is 80.6 Å². The van der Waals surface area contributed by atoms with E-state index in [1.165, 1.54) is 53.6 Å². The second kappa shape index (κ2) is 14.4. The monoisotopic (exact) mass is 502 g/mol. The molecule has 0 radical (unpaired) electrons. The number of rotatable bonds is 4. The third kappa shape index (κ3) is 9.29. The summed E-state index contributed by atoms with van der Waals surface area (Å²) >= 11 is 1.20. The molecule has 34 heavy (non-hydrogen) atoms. The molecule has 0 unspecified atom stereocenters. The molecule has 0 spiro atoms. The van der Waals surface area contributed by atoms with Crippen LogP contribution in [-0.2, 0) is 4.74 Å². The van der Waals surface area contributed by atoms with Crippen LogP contribution in [0.4, 0.5) is 4.39 Å². The molecule has 2 aromatic carbocycles. The van der Waals surface area contributed by atoms with Gasteiger partial charge in [0.05, 0.1) is 0 Å². The van der Waals surface area contributed by atoms with Gasteiger partial charge in [-0.1, -0.05) is 63.2 Å². The number of aromatic carboxylic acids is 1. The lowest BCUT2D eigenvalue weighted by atomic mass is 9.98. The van der Waals surface area contributed by atoms with Crippen molar-refractivity contribution in [3.05, 3.63) is 76.4 Å². The predicted molar refractivity (Wildman–Crippen MR) is 145 cm³/mol. The van der Waals surface area contributed by atoms with Crippen LogP contribution in [0.2, 0.25) is 0 Å². The minimum Gasteiger partial charge on any atom is -0.477 e. The Labute approximate surface area is 208 Å². The van der Waals surface area contributed by atoms with E-state index in [1.807, 2.05) is 0 Å². The molecule has 1 N–H and O–H groups in total. The van der Waals surface area contributed by atoms with Crippen molar-refractivity contribution in [3.8, 4) is 10.4 Å². The first-order valence-corrected chi connectivity index (χ1v) is 14.7. The number of halogens is 1. The van der Waals surface area contributed by atoms with E-state index in [1.54, 1.807) is 25.1 Å². The van der Waals surface area contributed by atoms with Crippen LogP contribution >= 0.6 is 19.3 Å². The van der Waals surface area contributed by atoms with Crippen molar-refractivity contribution < 1.29 is 19.0 Å². The van der Waals surface area contributed by atoms with E-state index in [0.717, 1.165) is 35.1 Å². The van der Waals surface area contributed by atoms with Crippen molar-refractivity contribution in [2.45, 2.75) is 40.0 Å². The van der Waals surface area contributed by atoms with E-state index in [9.17, 15) is 9.18 Å². The van der Waals surface area contributed by atoms with Crippen LogP contribution in [0.25, 0.3) is 10.4 Å². The first-order valence-electron chi connectivity index (χ1n) is 11.6. The maximum Gasteiger partial charge on any atom is 0.346 e. The Morgan fingerprint density at radius 1 is 1.06 bits per heavy atom. The number of thiophene rings is 1. The lowest BCUT2D eigenvalue weighted by molar-refractivity contribution is 0.0653. The van der Waals surface area contributed by atoms with Gasteiger partial charge in [0.25, 0.3) is 0 Å². The zero-order valence-corrected chi connectivity index (χ0v) is 22.5. The second-order valence-electron chi connectivity index (χ2n) is 8.63. The summed E-state index contributed by atoms with van der Waals surface area (Å²) in [5.74, 6) is -0.255. The summed E-state index contributed by atoms with van der Waals surface area (Å²) in [6.45, 7) is 12.7. The highest BCUT2D eigenvalue weighted by molar-refractivity contribution is 7.64. The number of aryl methyl sites for hydroxylation is 2. The van der Waals surface area contributed by atoms with Crippen LogP contribution in [0.3, 0.4) is 0 Å². The predicted octanol–water partition coefficient (Wildman–Crippen LogP) is 7.75. The Balaban J connectivity index is 0.000000195. The fourth-order valence-electron chi connectivity index (χ4n) is 3.45. The number of carbonyl (C=O) groups is 1. The van der Waals surface area contributed by atoms with Crippen molar-refractivity contribution in [1.29, 1.82) is 0 Å². The van der Waals surface area contributed by atoms with Gasteiger partial charge in [-0.25, -0.2) is 9.18 Å². The summed E-state index contributed by atoms with van der Waals surface area (Å²) in [6, 6.07) is 16.6. The van der Waals surface area contributed by atoms with Gasteiger partial charge in [0, 0.05) is 18.1 Å². The van der Waals surface area contributed by atoms with Crippen LogP contribution in [0, 0.1) is 25.6 Å². The third-order valence-electron chi connectivity index (χ3n) is 5.71. The highest BCUT2D eigenvalue weighted by Gasteiger charge is 2.13. The molecule has 0 saturated carbocycles. The van der Waals surface area contributed by atoms with Gasteiger partial charge in [-0.15, -0.1) is 11.3 Å². The zero-order chi connectivity index (χ0) is 25.1. The molecule has 1 aromatic heterocycles. The highest BCUT2D eigenvalue weighted by Crippen LogP contribution is 2.31. The van der Waals surface area contributed by atoms with Gasteiger partial charge in [-0.3, -0.25) is 0 Å². The van der Waals surface area contributed by atoms with Crippen molar-refractivity contribution in [3.63, 3.8) is 0 Å². The van der Waals surface area contributed by atoms with E-state index in [2.05, 4.69) is 51.4 Å². The molecule has 0 atom stereocenters. The molecular weight excluding hydrogens is 466 g/mol. The van der Waals surface area contributed by atoms with Gasteiger partial charge in [0.1, 0.15) is 10.7 Å². The smallest absolute Gasteiger partial charge is 0.346 e. The molecule has 4 rings (SSSR count). The number of carboxylic acids is 1. The topological polar surface area (TPSA) is 46.5 Å². The van der Waals surface area contributed by atoms with Crippen molar-refractivity contribution >= 4 is 30.5 Å². The van der Waals surface area contributed by atoms with Crippen molar-refractivity contribution in [2.75, 3.05) is 26.5 Å². The minimum atomic E-state index is -0.920. The van der Waals surface area contributed by atoms with E-state index in [0.29, 0.717) is 4.88 Å². The lowest BCUT2D eigenvalue weighted by Crippen LogP contribution is -2.14. The average molecular weight is 503 g/mol. The van der Waals surface area contributed by atoms with E-state index < -0.39 is 5.97 Å². The van der Waals surface area contributed by atoms with Gasteiger partial charge < -0.3 is 9.84 Å². The van der Waals surface area contributed by atoms with Crippen molar-refractivity contribution in [1.82, 2.24) is 0 Å². The highest BCUT2D eigenvalue weighted by atomic mass is 32.1. The summed E-state index contributed by atoms with van der Waals surface area (Å²) < 4.78 is 17.9. The Kier molecular flexibility index (Phi) is 11.9. The van der Waals surface area contributed by atoms with Gasteiger partial charge in [0.2, 0.25) is 0 Å². The summed E-state index contributed by atoms with van der Waals surface area (Å²) in [5, 5.41) is 10.4. The molecule has 0 bridgehead atoms. The van der Waals surface area contributed by atoms with Crippen LogP contribution in [-0.4, -0.2) is 37.6 Å². The summed E-state index contributed by atoms with van der Waals surface area (Å²) in [7, 11) is 0.0920. The largest absolute Gasteiger partial charge is 0.477 e. The van der Waals surface area contributed by atoms with Crippen LogP contribution in [0.15, 0.2) is 54.6 Å². The summed E-state index contributed by atoms with van der Waals surface area (Å²) in [6.07, 6.45) is 3.91. The van der Waals surface area contributed by atoms with E-state index >= 15 is 0 Å². The van der Waals surface area contributed by atoms with Gasteiger partial charge in [0.15, 0.2) is 0 Å². The normalized spacial score (nSPS) is 13.5. The second-order valence-corrected chi connectivity index (χ2v) is 12.0. The molecular formula is C28H36FO3PS. The molecule has 184 valence electrons. The number of ether oxygens (including phenoxy) is 1. The minimum absolute atomic E-state index is 0.0920. The lowest BCUT2D eigenvalue weighted by Gasteiger charge is -2.19. The molecule has 1 fully saturated rings. The molecule has 6 heteroatoms. The fraction of sp³-hybridized carbons (Fsp3) is 0.393. The maximum atomic E-state index is 12.7. The van der Waals surface area contributed by atoms with Gasteiger partial charge in [-0.2, -0.15) is 0 Å². The molecule has 2 heterocycles. The number of hydrogen-bond donors (Lipinski definition) is 1. The third-order valence-corrected chi connectivity index (χ3v) is 8.31. The van der Waals surface area contributed by atoms with Crippen LogP contribution in [0.5, 0.6) is 0 Å². The first-order chi connectivity index (χ1) is 16.2. The summed E-state index contributed by atoms with van der Waals surface area (Å²) in [5.41, 5.74) is 2.92. The number of carboxylic acid groups (broad SMARTS) is 1. The zero-order valence-electron chi connectivity index (χ0n) is 20.8. The molecule has 1 aliphatic heterocycles. The Hall–Kier alpha value is -2.07. The van der Waals surface area contributed by atoms with Crippen LogP contribution in [0.1, 0.15) is 47.0 Å². The van der Waals surface area contributed by atoms with Crippen molar-refractivity contribution in [2.24, 2.45) is 5.92 Å². The van der Waals surface area contributed by atoms with E-state index in [4.69, 9.17) is 9.84 Å². The molecule has 0 amide bonds. The number of hydrogen-bond acceptors (Lipinski definition) is 3. The molecule has 1 aliphatic rings. The van der Waals surface area contributed by atoms with Crippen LogP contribution < -0.4 is 5.30 Å². The number of benzene rings is 2. The average Bonchev–Trinajstić information content (AvgIpc) is 3.23. The van der Waals surface area contributed by atoms with Gasteiger partial charge >= 0.3 is 5.97 Å². The fourth-order valence-corrected chi connectivity index (χ4v) is 5.21. The first kappa shape index (κ1) is 28.2. The summed E-state index contributed by atoms with van der Waals surface area (Å²) in [4.78, 5) is 12.0. The Morgan fingerprint density at radius 2 is 1.65 bits per heavy atom. The SMILES string of the molecule is CCC1CCOCC1.Cc1cc(-c2ccc(F)cc2)sc1C(=O)O.Cc1ccc(P(C)C)cc1. The molecule has 1 saturated heterocycles. The standard InChI is InChI=1S/C12H9FO2S.C9H13P.C7H14O/c1-7-6-10(16-11(7)12(14)15)8-2-4-9(13)5-3-8;1-8-4-6-9(7-5-8)10(2)3;1-2-7-3-5-8-6-4-7/h2-6H,1H3,(H,14,15);4-7H,1-3H3;7H,2-6H2,1H3. The quantitative estimate of drug-likeness (QED) is 0.371. The Bertz CT molecular complexity index is 1010. The maximum absolute atomic E-state index is 12.7. The molecule has 3 nitrogen and oxygen atoms in total. The molecule has 0 aliphatic carbocycles. The molecule has 3 aromatic rings. The Morgan fingerprint density at radius 3 is 2.09 bits per heavy atom.